The van der Waals surface area contributed by atoms with Crippen molar-refractivity contribution >= 4 is 5.91 Å². The van der Waals surface area contributed by atoms with E-state index in [-0.39, 0.29) is 18.1 Å². The van der Waals surface area contributed by atoms with E-state index in [2.05, 4.69) is 5.92 Å². The number of fused-ring (bicyclic) bond motifs is 1. The van der Waals surface area contributed by atoms with Gasteiger partial charge in [-0.2, -0.15) is 0 Å². The molecule has 2 N–H and O–H groups in total. The molecule has 4 nitrogen and oxygen atoms in total. The summed E-state index contributed by atoms with van der Waals surface area (Å²) in [6, 6.07) is -0.325. The summed E-state index contributed by atoms with van der Waals surface area (Å²) in [4.78, 5) is 14.0. The zero-order valence-corrected chi connectivity index (χ0v) is 9.39. The lowest BCUT2D eigenvalue weighted by Crippen LogP contribution is -2.55. The molecule has 0 aromatic carbocycles. The molecule has 0 aromatic heterocycles. The fourth-order valence-corrected chi connectivity index (χ4v) is 2.63. The van der Waals surface area contributed by atoms with Gasteiger partial charge in [0.25, 0.3) is 0 Å². The standard InChI is InChI=1S/C12H18N2O2/c1-2-4-9(13)12(15)14-7-8-16-11-6-3-5-10(11)14/h1,9-11H,3-8,13H2. The van der Waals surface area contributed by atoms with E-state index in [0.717, 1.165) is 19.3 Å². The first-order valence-electron chi connectivity index (χ1n) is 5.85. The molecule has 0 aromatic rings. The van der Waals surface area contributed by atoms with Crippen LogP contribution in [0.5, 0.6) is 0 Å². The Kier molecular flexibility index (Phi) is 3.47. The van der Waals surface area contributed by atoms with Gasteiger partial charge >= 0.3 is 0 Å². The molecule has 1 amide bonds. The highest BCUT2D eigenvalue weighted by molar-refractivity contribution is 5.82. The molecule has 4 heteroatoms. The number of hydrogen-bond acceptors (Lipinski definition) is 3. The minimum atomic E-state index is -0.552. The summed E-state index contributed by atoms with van der Waals surface area (Å²) in [5, 5.41) is 0. The van der Waals surface area contributed by atoms with E-state index in [1.54, 1.807) is 0 Å². The lowest BCUT2D eigenvalue weighted by atomic mass is 10.1. The van der Waals surface area contributed by atoms with Gasteiger partial charge in [-0.25, -0.2) is 0 Å². The minimum absolute atomic E-state index is 0.0156. The summed E-state index contributed by atoms with van der Waals surface area (Å²) in [6.07, 6.45) is 8.92. The molecule has 88 valence electrons. The van der Waals surface area contributed by atoms with Crippen LogP contribution in [0, 0.1) is 12.3 Å². The molecule has 2 rings (SSSR count). The number of carbonyl (C=O) groups is 1. The van der Waals surface area contributed by atoms with Gasteiger partial charge in [0.15, 0.2) is 0 Å². The fraction of sp³-hybridized carbons (Fsp3) is 0.750. The predicted octanol–water partition coefficient (Wildman–Crippen LogP) is 0.117. The van der Waals surface area contributed by atoms with Crippen molar-refractivity contribution in [1.82, 2.24) is 4.90 Å². The molecule has 3 atom stereocenters. The Labute approximate surface area is 96.1 Å². The van der Waals surface area contributed by atoms with Crippen molar-refractivity contribution in [2.45, 2.75) is 43.9 Å². The number of hydrogen-bond donors (Lipinski definition) is 1. The Hall–Kier alpha value is -1.05. The molecule has 16 heavy (non-hydrogen) atoms. The van der Waals surface area contributed by atoms with Gasteiger partial charge in [0.2, 0.25) is 5.91 Å². The summed E-state index contributed by atoms with van der Waals surface area (Å²) >= 11 is 0. The van der Waals surface area contributed by atoms with Crippen LogP contribution >= 0.6 is 0 Å². The van der Waals surface area contributed by atoms with E-state index in [1.165, 1.54) is 0 Å². The van der Waals surface area contributed by atoms with E-state index in [1.807, 2.05) is 4.90 Å². The molecule has 1 aliphatic carbocycles. The quantitative estimate of drug-likeness (QED) is 0.675. The number of rotatable bonds is 2. The van der Waals surface area contributed by atoms with Crippen LogP contribution in [0.1, 0.15) is 25.7 Å². The molecule has 1 saturated heterocycles. The van der Waals surface area contributed by atoms with Crippen molar-refractivity contribution in [2.75, 3.05) is 13.2 Å². The van der Waals surface area contributed by atoms with Gasteiger partial charge in [-0.05, 0) is 19.3 Å². The first-order chi connectivity index (χ1) is 7.74. The Morgan fingerprint density at radius 3 is 3.19 bits per heavy atom. The molecule has 0 bridgehead atoms. The maximum Gasteiger partial charge on any atom is 0.240 e. The molecule has 3 unspecified atom stereocenters. The van der Waals surface area contributed by atoms with Gasteiger partial charge in [-0.15, -0.1) is 12.3 Å². The average Bonchev–Trinajstić information content (AvgIpc) is 2.76. The van der Waals surface area contributed by atoms with Crippen molar-refractivity contribution in [3.8, 4) is 12.3 Å². The highest BCUT2D eigenvalue weighted by Crippen LogP contribution is 2.29. The first-order valence-corrected chi connectivity index (χ1v) is 5.85. The zero-order valence-electron chi connectivity index (χ0n) is 9.39. The third kappa shape index (κ3) is 2.06. The van der Waals surface area contributed by atoms with Crippen LogP contribution < -0.4 is 5.73 Å². The number of terminal acetylenes is 1. The highest BCUT2D eigenvalue weighted by atomic mass is 16.5. The zero-order chi connectivity index (χ0) is 11.5. The lowest BCUT2D eigenvalue weighted by Gasteiger charge is -2.38. The van der Waals surface area contributed by atoms with Crippen LogP contribution in [0.25, 0.3) is 0 Å². The average molecular weight is 222 g/mol. The Balaban J connectivity index is 2.02. The van der Waals surface area contributed by atoms with E-state index in [4.69, 9.17) is 16.9 Å². The van der Waals surface area contributed by atoms with Crippen molar-refractivity contribution in [3.63, 3.8) is 0 Å². The van der Waals surface area contributed by atoms with Gasteiger partial charge in [0.05, 0.1) is 24.8 Å². The summed E-state index contributed by atoms with van der Waals surface area (Å²) in [5.74, 6) is 2.43. The summed E-state index contributed by atoms with van der Waals surface area (Å²) in [5.41, 5.74) is 5.77. The number of amides is 1. The third-order valence-electron chi connectivity index (χ3n) is 3.42. The lowest BCUT2D eigenvalue weighted by molar-refractivity contribution is -0.145. The second-order valence-corrected chi connectivity index (χ2v) is 4.45. The van der Waals surface area contributed by atoms with Gasteiger partial charge in [0, 0.05) is 13.0 Å². The molecule has 2 aliphatic rings. The van der Waals surface area contributed by atoms with Gasteiger partial charge in [0.1, 0.15) is 0 Å². The maximum atomic E-state index is 12.1. The van der Waals surface area contributed by atoms with Crippen LogP contribution in [0.15, 0.2) is 0 Å². The number of morpholine rings is 1. The Bertz CT molecular complexity index is 311. The largest absolute Gasteiger partial charge is 0.374 e. The molecular formula is C12H18N2O2. The van der Waals surface area contributed by atoms with E-state index >= 15 is 0 Å². The normalized spacial score (nSPS) is 30.6. The smallest absolute Gasteiger partial charge is 0.240 e. The second kappa shape index (κ2) is 4.86. The molecule has 1 heterocycles. The van der Waals surface area contributed by atoms with Crippen molar-refractivity contribution in [2.24, 2.45) is 5.73 Å². The van der Waals surface area contributed by atoms with Crippen molar-refractivity contribution in [3.05, 3.63) is 0 Å². The summed E-state index contributed by atoms with van der Waals surface area (Å²) in [6.45, 7) is 1.27. The SMILES string of the molecule is C#CCC(N)C(=O)N1CCOC2CCCC21. The fourth-order valence-electron chi connectivity index (χ4n) is 2.63. The summed E-state index contributed by atoms with van der Waals surface area (Å²) in [7, 11) is 0. The van der Waals surface area contributed by atoms with Gasteiger partial charge in [-0.1, -0.05) is 0 Å². The maximum absolute atomic E-state index is 12.1. The molecule has 0 spiro atoms. The Morgan fingerprint density at radius 1 is 1.62 bits per heavy atom. The van der Waals surface area contributed by atoms with Crippen LogP contribution in [0.2, 0.25) is 0 Å². The Morgan fingerprint density at radius 2 is 2.44 bits per heavy atom. The van der Waals surface area contributed by atoms with Crippen LogP contribution in [-0.2, 0) is 9.53 Å². The molecule has 1 aliphatic heterocycles. The molecular weight excluding hydrogens is 204 g/mol. The first kappa shape index (κ1) is 11.4. The molecule has 0 radical (unpaired) electrons. The predicted molar refractivity (Wildman–Crippen MR) is 60.5 cm³/mol. The van der Waals surface area contributed by atoms with Gasteiger partial charge < -0.3 is 15.4 Å². The second-order valence-electron chi connectivity index (χ2n) is 4.45. The van der Waals surface area contributed by atoms with Gasteiger partial charge in [-0.3, -0.25) is 4.79 Å². The molecule has 1 saturated carbocycles. The topological polar surface area (TPSA) is 55.6 Å². The molecule has 2 fully saturated rings. The van der Waals surface area contributed by atoms with Crippen LogP contribution in [0.4, 0.5) is 0 Å². The number of nitrogens with two attached hydrogens (primary N) is 1. The summed E-state index contributed by atoms with van der Waals surface area (Å²) < 4.78 is 5.65. The van der Waals surface area contributed by atoms with Crippen LogP contribution in [-0.4, -0.2) is 42.1 Å². The van der Waals surface area contributed by atoms with Crippen molar-refractivity contribution < 1.29 is 9.53 Å². The monoisotopic (exact) mass is 222 g/mol. The number of carbonyl (C=O) groups excluding carboxylic acids is 1. The van der Waals surface area contributed by atoms with Crippen molar-refractivity contribution in [1.29, 1.82) is 0 Å². The highest BCUT2D eigenvalue weighted by Gasteiger charge is 2.39. The van der Waals surface area contributed by atoms with E-state index in [0.29, 0.717) is 19.6 Å². The van der Waals surface area contributed by atoms with E-state index < -0.39 is 6.04 Å². The minimum Gasteiger partial charge on any atom is -0.374 e. The number of ether oxygens (including phenoxy) is 1. The van der Waals surface area contributed by atoms with Crippen LogP contribution in [0.3, 0.4) is 0 Å². The third-order valence-corrected chi connectivity index (χ3v) is 3.42. The van der Waals surface area contributed by atoms with E-state index in [9.17, 15) is 4.79 Å². The number of nitrogens with zero attached hydrogens (tertiary/aromatic N) is 1.